The van der Waals surface area contributed by atoms with Crippen LogP contribution in [-0.2, 0) is 9.53 Å². The average Bonchev–Trinajstić information content (AvgIpc) is 2.25. The van der Waals surface area contributed by atoms with Crippen molar-refractivity contribution in [2.24, 2.45) is 0 Å². The van der Waals surface area contributed by atoms with Crippen molar-refractivity contribution < 1.29 is 14.3 Å². The van der Waals surface area contributed by atoms with Gasteiger partial charge < -0.3 is 14.8 Å². The summed E-state index contributed by atoms with van der Waals surface area (Å²) >= 11 is 11.8. The molecule has 0 bridgehead atoms. The van der Waals surface area contributed by atoms with Gasteiger partial charge in [0.05, 0.1) is 24.9 Å². The van der Waals surface area contributed by atoms with Gasteiger partial charge in [0.1, 0.15) is 6.54 Å². The van der Waals surface area contributed by atoms with E-state index in [2.05, 4.69) is 10.1 Å². The van der Waals surface area contributed by atoms with E-state index in [1.54, 1.807) is 12.1 Å². The first-order valence-corrected chi connectivity index (χ1v) is 5.17. The first-order valence-electron chi connectivity index (χ1n) is 4.42. The molecule has 16 heavy (non-hydrogen) atoms. The second-order valence-electron chi connectivity index (χ2n) is 2.90. The Balaban J connectivity index is 2.89. The van der Waals surface area contributed by atoms with Crippen molar-refractivity contribution in [2.75, 3.05) is 26.1 Å². The van der Waals surface area contributed by atoms with Crippen molar-refractivity contribution in [2.45, 2.75) is 0 Å². The standard InChI is InChI=1S/C10H11Cl2NO3/c1-15-9(14)5-13-8-4-6(11)3-7(12)10(8)16-2/h3-4,13H,5H2,1-2H3. The lowest BCUT2D eigenvalue weighted by Crippen LogP contribution is -2.15. The predicted molar refractivity (Wildman–Crippen MR) is 63.5 cm³/mol. The Morgan fingerprint density at radius 1 is 1.38 bits per heavy atom. The van der Waals surface area contributed by atoms with Gasteiger partial charge in [-0.1, -0.05) is 23.2 Å². The molecule has 88 valence electrons. The molecule has 0 radical (unpaired) electrons. The molecule has 1 rings (SSSR count). The number of halogens is 2. The van der Waals surface area contributed by atoms with Gasteiger partial charge in [0.2, 0.25) is 0 Å². The molecule has 0 spiro atoms. The summed E-state index contributed by atoms with van der Waals surface area (Å²) in [5, 5.41) is 3.66. The lowest BCUT2D eigenvalue weighted by Gasteiger charge is -2.12. The molecular weight excluding hydrogens is 253 g/mol. The largest absolute Gasteiger partial charge is 0.493 e. The van der Waals surface area contributed by atoms with Crippen molar-refractivity contribution in [1.29, 1.82) is 0 Å². The summed E-state index contributed by atoms with van der Waals surface area (Å²) in [5.41, 5.74) is 0.547. The summed E-state index contributed by atoms with van der Waals surface area (Å²) in [4.78, 5) is 11.0. The molecule has 0 saturated heterocycles. The first kappa shape index (κ1) is 12.9. The SMILES string of the molecule is COC(=O)CNc1cc(Cl)cc(Cl)c1OC. The van der Waals surface area contributed by atoms with Crippen molar-refractivity contribution in [3.63, 3.8) is 0 Å². The van der Waals surface area contributed by atoms with E-state index in [9.17, 15) is 4.79 Å². The van der Waals surface area contributed by atoms with Crippen LogP contribution in [-0.4, -0.2) is 26.7 Å². The van der Waals surface area contributed by atoms with Gasteiger partial charge in [-0.2, -0.15) is 0 Å². The zero-order chi connectivity index (χ0) is 12.1. The molecule has 1 aromatic rings. The number of rotatable bonds is 4. The molecule has 0 saturated carbocycles. The number of carbonyl (C=O) groups excluding carboxylic acids is 1. The maximum absolute atomic E-state index is 11.0. The monoisotopic (exact) mass is 263 g/mol. The highest BCUT2D eigenvalue weighted by molar-refractivity contribution is 6.36. The minimum atomic E-state index is -0.391. The van der Waals surface area contributed by atoms with Crippen LogP contribution in [0.25, 0.3) is 0 Å². The van der Waals surface area contributed by atoms with Gasteiger partial charge in [-0.25, -0.2) is 0 Å². The Bertz CT molecular complexity index is 396. The highest BCUT2D eigenvalue weighted by Gasteiger charge is 2.10. The molecule has 0 unspecified atom stereocenters. The molecule has 6 heteroatoms. The quantitative estimate of drug-likeness (QED) is 0.849. The summed E-state index contributed by atoms with van der Waals surface area (Å²) in [6, 6.07) is 3.18. The van der Waals surface area contributed by atoms with Crippen molar-refractivity contribution >= 4 is 34.9 Å². The van der Waals surface area contributed by atoms with Crippen LogP contribution in [0.1, 0.15) is 0 Å². The normalized spacial score (nSPS) is 9.75. The van der Waals surface area contributed by atoms with Gasteiger partial charge in [-0.15, -0.1) is 0 Å². The van der Waals surface area contributed by atoms with Crippen LogP contribution in [0.3, 0.4) is 0 Å². The fourth-order valence-electron chi connectivity index (χ4n) is 1.14. The van der Waals surface area contributed by atoms with E-state index in [0.29, 0.717) is 21.5 Å². The van der Waals surface area contributed by atoms with Crippen LogP contribution in [0.4, 0.5) is 5.69 Å². The van der Waals surface area contributed by atoms with Crippen molar-refractivity contribution in [3.05, 3.63) is 22.2 Å². The maximum Gasteiger partial charge on any atom is 0.325 e. The summed E-state index contributed by atoms with van der Waals surface area (Å²) in [5.74, 6) is 0.0492. The number of nitrogens with one attached hydrogen (secondary N) is 1. The molecule has 0 aliphatic heterocycles. The zero-order valence-corrected chi connectivity index (χ0v) is 10.4. The molecule has 1 aromatic carbocycles. The third kappa shape index (κ3) is 3.18. The molecule has 0 aliphatic rings. The molecule has 0 aromatic heterocycles. The van der Waals surface area contributed by atoms with E-state index in [0.717, 1.165) is 0 Å². The number of esters is 1. The lowest BCUT2D eigenvalue weighted by atomic mass is 10.3. The smallest absolute Gasteiger partial charge is 0.325 e. The number of methoxy groups -OCH3 is 2. The van der Waals surface area contributed by atoms with Crippen molar-refractivity contribution in [3.8, 4) is 5.75 Å². The van der Waals surface area contributed by atoms with E-state index < -0.39 is 5.97 Å². The third-order valence-corrected chi connectivity index (χ3v) is 2.36. The number of benzene rings is 1. The van der Waals surface area contributed by atoms with Gasteiger partial charge >= 0.3 is 5.97 Å². The Labute approximate surface area is 103 Å². The topological polar surface area (TPSA) is 47.6 Å². The van der Waals surface area contributed by atoms with Gasteiger partial charge in [0.15, 0.2) is 5.75 Å². The highest BCUT2D eigenvalue weighted by atomic mass is 35.5. The van der Waals surface area contributed by atoms with E-state index in [4.69, 9.17) is 27.9 Å². The summed E-state index contributed by atoms with van der Waals surface area (Å²) < 4.78 is 9.59. The van der Waals surface area contributed by atoms with Crippen LogP contribution in [0, 0.1) is 0 Å². The van der Waals surface area contributed by atoms with Crippen molar-refractivity contribution in [1.82, 2.24) is 0 Å². The second-order valence-corrected chi connectivity index (χ2v) is 3.74. The number of anilines is 1. The van der Waals surface area contributed by atoms with Gasteiger partial charge in [-0.05, 0) is 12.1 Å². The fourth-order valence-corrected chi connectivity index (χ4v) is 1.71. The molecule has 0 aliphatic carbocycles. The van der Waals surface area contributed by atoms with Crippen LogP contribution < -0.4 is 10.1 Å². The average molecular weight is 264 g/mol. The van der Waals surface area contributed by atoms with E-state index in [1.165, 1.54) is 14.2 Å². The minimum absolute atomic E-state index is 0.0174. The van der Waals surface area contributed by atoms with E-state index in [1.807, 2.05) is 0 Å². The van der Waals surface area contributed by atoms with Crippen LogP contribution in [0.2, 0.25) is 10.0 Å². The zero-order valence-electron chi connectivity index (χ0n) is 8.84. The second kappa shape index (κ2) is 5.82. The predicted octanol–water partition coefficient (Wildman–Crippen LogP) is 2.59. The third-order valence-electron chi connectivity index (χ3n) is 1.86. The maximum atomic E-state index is 11.0. The van der Waals surface area contributed by atoms with Gasteiger partial charge in [0, 0.05) is 5.02 Å². The number of ether oxygens (including phenoxy) is 2. The first-order chi connectivity index (χ1) is 7.58. The molecule has 0 amide bonds. The van der Waals surface area contributed by atoms with Gasteiger partial charge in [-0.3, -0.25) is 4.79 Å². The van der Waals surface area contributed by atoms with Crippen LogP contribution in [0.15, 0.2) is 12.1 Å². The summed E-state index contributed by atoms with van der Waals surface area (Å²) in [6.07, 6.45) is 0. The Morgan fingerprint density at radius 2 is 2.06 bits per heavy atom. The fraction of sp³-hybridized carbons (Fsp3) is 0.300. The van der Waals surface area contributed by atoms with Gasteiger partial charge in [0.25, 0.3) is 0 Å². The Morgan fingerprint density at radius 3 is 2.62 bits per heavy atom. The molecule has 0 atom stereocenters. The molecule has 0 fully saturated rings. The molecular formula is C10H11Cl2NO3. The summed E-state index contributed by atoms with van der Waals surface area (Å²) in [7, 11) is 2.80. The Hall–Kier alpha value is -1.13. The molecule has 0 heterocycles. The van der Waals surface area contributed by atoms with E-state index >= 15 is 0 Å². The van der Waals surface area contributed by atoms with Crippen LogP contribution >= 0.6 is 23.2 Å². The van der Waals surface area contributed by atoms with Crippen LogP contribution in [0.5, 0.6) is 5.75 Å². The number of hydrogen-bond acceptors (Lipinski definition) is 4. The number of hydrogen-bond donors (Lipinski definition) is 1. The molecule has 1 N–H and O–H groups in total. The Kier molecular flexibility index (Phi) is 4.71. The number of carbonyl (C=O) groups is 1. The lowest BCUT2D eigenvalue weighted by molar-refractivity contribution is -0.138. The van der Waals surface area contributed by atoms with E-state index in [-0.39, 0.29) is 6.54 Å². The minimum Gasteiger partial charge on any atom is -0.493 e. The summed E-state index contributed by atoms with van der Waals surface area (Å²) in [6.45, 7) is 0.0174. The highest BCUT2D eigenvalue weighted by Crippen LogP contribution is 2.35. The molecule has 4 nitrogen and oxygen atoms in total.